The van der Waals surface area contributed by atoms with Gasteiger partial charge < -0.3 is 5.73 Å². The van der Waals surface area contributed by atoms with Crippen molar-refractivity contribution in [2.45, 2.75) is 0 Å². The fourth-order valence-corrected chi connectivity index (χ4v) is 2.81. The van der Waals surface area contributed by atoms with Crippen molar-refractivity contribution in [1.29, 1.82) is 0 Å². The molecule has 4 nitrogen and oxygen atoms in total. The number of anilines is 1. The van der Waals surface area contributed by atoms with Crippen molar-refractivity contribution in [3.8, 4) is 10.6 Å². The Bertz CT molecular complexity index is 658. The van der Waals surface area contributed by atoms with Gasteiger partial charge in [-0.1, -0.05) is 0 Å². The van der Waals surface area contributed by atoms with Crippen molar-refractivity contribution in [3.05, 3.63) is 34.4 Å². The molecule has 0 atom stereocenters. The lowest BCUT2D eigenvalue weighted by atomic mass is 10.3. The summed E-state index contributed by atoms with van der Waals surface area (Å²) in [7, 11) is 0. The number of hydrogen-bond acceptors (Lipinski definition) is 4. The minimum Gasteiger partial charge on any atom is -0.396 e. The molecule has 16 heavy (non-hydrogen) atoms. The number of thiophene rings is 1. The first-order chi connectivity index (χ1) is 7.72. The van der Waals surface area contributed by atoms with E-state index in [4.69, 9.17) is 5.73 Å². The Balaban J connectivity index is 2.18. The second-order valence-corrected chi connectivity index (χ2v) is 5.79. The molecule has 80 valence electrons. The molecule has 0 aromatic carbocycles. The number of nitrogens with two attached hydrogens (primary N) is 1. The van der Waals surface area contributed by atoms with Crippen LogP contribution in [0.1, 0.15) is 0 Å². The fourth-order valence-electron chi connectivity index (χ4n) is 1.46. The maximum atomic E-state index is 5.65. The summed E-state index contributed by atoms with van der Waals surface area (Å²) in [4.78, 5) is 5.31. The van der Waals surface area contributed by atoms with E-state index in [1.807, 2.05) is 18.2 Å². The first-order valence-electron chi connectivity index (χ1n) is 4.59. The van der Waals surface area contributed by atoms with Crippen LogP contribution in [0.2, 0.25) is 0 Å². The zero-order chi connectivity index (χ0) is 11.1. The largest absolute Gasteiger partial charge is 0.396 e. The summed E-state index contributed by atoms with van der Waals surface area (Å²) in [5, 5.41) is 4.42. The van der Waals surface area contributed by atoms with Gasteiger partial charge in [0.15, 0.2) is 5.65 Å². The van der Waals surface area contributed by atoms with Crippen LogP contribution < -0.4 is 5.73 Å². The second kappa shape index (κ2) is 3.57. The third-order valence-corrected chi connectivity index (χ3v) is 3.81. The Kier molecular flexibility index (Phi) is 2.19. The molecule has 0 unspecified atom stereocenters. The van der Waals surface area contributed by atoms with E-state index in [9.17, 15) is 0 Å². The molecule has 0 bridgehead atoms. The van der Waals surface area contributed by atoms with Crippen LogP contribution in [0.5, 0.6) is 0 Å². The molecule has 0 saturated heterocycles. The van der Waals surface area contributed by atoms with Gasteiger partial charge in [-0.25, -0.2) is 9.50 Å². The van der Waals surface area contributed by atoms with Gasteiger partial charge in [-0.15, -0.1) is 11.3 Å². The predicted octanol–water partition coefficient (Wildman–Crippen LogP) is 2.80. The van der Waals surface area contributed by atoms with Gasteiger partial charge in [-0.2, -0.15) is 5.10 Å². The highest BCUT2D eigenvalue weighted by atomic mass is 79.9. The summed E-state index contributed by atoms with van der Waals surface area (Å²) in [6.45, 7) is 0. The number of nitrogen functional groups attached to an aromatic ring is 1. The third kappa shape index (κ3) is 1.60. The Morgan fingerprint density at radius 2 is 2.25 bits per heavy atom. The zero-order valence-corrected chi connectivity index (χ0v) is 10.5. The molecular formula is C10H7BrN4S. The SMILES string of the molecule is Nc1cnc2cc(-c3ccc(Br)s3)nn2c1. The molecule has 3 heterocycles. The molecule has 0 spiro atoms. The first kappa shape index (κ1) is 9.80. The molecule has 0 aliphatic heterocycles. The molecule has 3 aromatic rings. The average Bonchev–Trinajstić information content (AvgIpc) is 2.83. The molecule has 0 aliphatic rings. The van der Waals surface area contributed by atoms with Gasteiger partial charge >= 0.3 is 0 Å². The number of fused-ring (bicyclic) bond motifs is 1. The summed E-state index contributed by atoms with van der Waals surface area (Å²) >= 11 is 5.08. The third-order valence-electron chi connectivity index (χ3n) is 2.16. The predicted molar refractivity (Wildman–Crippen MR) is 68.4 cm³/mol. The maximum absolute atomic E-state index is 5.65. The summed E-state index contributed by atoms with van der Waals surface area (Å²) in [6, 6.07) is 5.98. The van der Waals surface area contributed by atoms with E-state index in [0.29, 0.717) is 5.69 Å². The second-order valence-electron chi connectivity index (χ2n) is 3.32. The molecule has 0 aliphatic carbocycles. The van der Waals surface area contributed by atoms with Crippen LogP contribution in [0.15, 0.2) is 34.4 Å². The van der Waals surface area contributed by atoms with E-state index in [2.05, 4.69) is 26.0 Å². The van der Waals surface area contributed by atoms with E-state index in [-0.39, 0.29) is 0 Å². The van der Waals surface area contributed by atoms with E-state index in [1.54, 1.807) is 28.2 Å². The number of hydrogen-bond donors (Lipinski definition) is 1. The smallest absolute Gasteiger partial charge is 0.155 e. The van der Waals surface area contributed by atoms with E-state index >= 15 is 0 Å². The molecule has 0 saturated carbocycles. The Morgan fingerprint density at radius 1 is 1.38 bits per heavy atom. The monoisotopic (exact) mass is 294 g/mol. The van der Waals surface area contributed by atoms with Gasteiger partial charge in [0.2, 0.25) is 0 Å². The maximum Gasteiger partial charge on any atom is 0.155 e. The number of halogens is 1. The lowest BCUT2D eigenvalue weighted by Crippen LogP contribution is -1.93. The number of nitrogens with zero attached hydrogens (tertiary/aromatic N) is 3. The molecule has 2 N–H and O–H groups in total. The Hall–Kier alpha value is -1.40. The average molecular weight is 295 g/mol. The molecule has 3 rings (SSSR count). The van der Waals surface area contributed by atoms with Crippen LogP contribution in [-0.2, 0) is 0 Å². The topological polar surface area (TPSA) is 56.2 Å². The number of aromatic nitrogens is 3. The van der Waals surface area contributed by atoms with Gasteiger partial charge in [-0.05, 0) is 28.1 Å². The van der Waals surface area contributed by atoms with E-state index in [0.717, 1.165) is 20.0 Å². The van der Waals surface area contributed by atoms with Crippen LogP contribution in [0, 0.1) is 0 Å². The highest BCUT2D eigenvalue weighted by molar-refractivity contribution is 9.11. The minimum atomic E-state index is 0.606. The van der Waals surface area contributed by atoms with Gasteiger partial charge in [0.25, 0.3) is 0 Å². The zero-order valence-electron chi connectivity index (χ0n) is 8.09. The van der Waals surface area contributed by atoms with Gasteiger partial charge in [0.1, 0.15) is 5.69 Å². The molecule has 0 amide bonds. The van der Waals surface area contributed by atoms with Crippen molar-refractivity contribution < 1.29 is 0 Å². The fraction of sp³-hybridized carbons (Fsp3) is 0. The summed E-state index contributed by atoms with van der Waals surface area (Å²) in [5.41, 5.74) is 7.96. The molecule has 6 heteroatoms. The van der Waals surface area contributed by atoms with Crippen molar-refractivity contribution in [3.63, 3.8) is 0 Å². The summed E-state index contributed by atoms with van der Waals surface area (Å²) in [5.74, 6) is 0. The van der Waals surface area contributed by atoms with Crippen molar-refractivity contribution >= 4 is 38.6 Å². The van der Waals surface area contributed by atoms with E-state index in [1.165, 1.54) is 0 Å². The van der Waals surface area contributed by atoms with Crippen molar-refractivity contribution in [2.75, 3.05) is 5.73 Å². The van der Waals surface area contributed by atoms with Gasteiger partial charge in [0, 0.05) is 6.07 Å². The van der Waals surface area contributed by atoms with Crippen molar-refractivity contribution in [2.24, 2.45) is 0 Å². The first-order valence-corrected chi connectivity index (χ1v) is 6.20. The van der Waals surface area contributed by atoms with Crippen LogP contribution in [0.25, 0.3) is 16.2 Å². The summed E-state index contributed by atoms with van der Waals surface area (Å²) in [6.07, 6.45) is 3.39. The molecule has 0 radical (unpaired) electrons. The molecule has 3 aromatic heterocycles. The van der Waals surface area contributed by atoms with Crippen LogP contribution in [-0.4, -0.2) is 14.6 Å². The van der Waals surface area contributed by atoms with Crippen LogP contribution in [0.4, 0.5) is 5.69 Å². The molecular weight excluding hydrogens is 288 g/mol. The summed E-state index contributed by atoms with van der Waals surface area (Å²) < 4.78 is 2.78. The normalized spacial score (nSPS) is 11.1. The quantitative estimate of drug-likeness (QED) is 0.751. The lowest BCUT2D eigenvalue weighted by molar-refractivity contribution is 0.947. The Labute approximate surface area is 104 Å². The highest BCUT2D eigenvalue weighted by Gasteiger charge is 2.07. The lowest BCUT2D eigenvalue weighted by Gasteiger charge is -1.92. The van der Waals surface area contributed by atoms with Crippen molar-refractivity contribution in [1.82, 2.24) is 14.6 Å². The molecule has 0 fully saturated rings. The van der Waals surface area contributed by atoms with Gasteiger partial charge in [0.05, 0.1) is 26.7 Å². The minimum absolute atomic E-state index is 0.606. The number of rotatable bonds is 1. The van der Waals surface area contributed by atoms with Crippen LogP contribution >= 0.6 is 27.3 Å². The van der Waals surface area contributed by atoms with Gasteiger partial charge in [-0.3, -0.25) is 0 Å². The highest BCUT2D eigenvalue weighted by Crippen LogP contribution is 2.30. The standard InChI is InChI=1S/C10H7BrN4S/c11-9-2-1-8(16-9)7-3-10-13-4-6(12)5-15(10)14-7/h1-5H,12H2. The Morgan fingerprint density at radius 3 is 3.00 bits per heavy atom. The van der Waals surface area contributed by atoms with Crippen LogP contribution in [0.3, 0.4) is 0 Å². The van der Waals surface area contributed by atoms with E-state index < -0.39 is 0 Å².